The van der Waals surface area contributed by atoms with Crippen LogP contribution in [0.3, 0.4) is 0 Å². The van der Waals surface area contributed by atoms with E-state index in [1.54, 1.807) is 30.3 Å². The van der Waals surface area contributed by atoms with Crippen molar-refractivity contribution in [3.05, 3.63) is 65.2 Å². The zero-order valence-corrected chi connectivity index (χ0v) is 18.2. The second kappa shape index (κ2) is 9.44. The molecule has 2 atom stereocenters. The van der Waals surface area contributed by atoms with Gasteiger partial charge in [-0.3, -0.25) is 9.59 Å². The minimum Gasteiger partial charge on any atom is -0.507 e. The number of amides is 1. The number of methoxy groups -OCH3 is 1. The molecule has 0 bridgehead atoms. The van der Waals surface area contributed by atoms with Gasteiger partial charge in [-0.25, -0.2) is 0 Å². The number of nitrogens with zero attached hydrogens (tertiary/aromatic N) is 1. The van der Waals surface area contributed by atoms with Crippen molar-refractivity contribution in [3.63, 3.8) is 0 Å². The van der Waals surface area contributed by atoms with Crippen LogP contribution in [0.1, 0.15) is 36.9 Å². The van der Waals surface area contributed by atoms with E-state index in [2.05, 4.69) is 0 Å². The normalized spacial score (nSPS) is 22.4. The average molecular weight is 437 g/mol. The Balaban J connectivity index is 1.81. The molecule has 2 aliphatic heterocycles. The Kier molecular flexibility index (Phi) is 6.46. The summed E-state index contributed by atoms with van der Waals surface area (Å²) in [4.78, 5) is 27.7. The van der Waals surface area contributed by atoms with Crippen LogP contribution in [-0.2, 0) is 14.3 Å². The number of carbonyl (C=O) groups is 2. The summed E-state index contributed by atoms with van der Waals surface area (Å²) in [5.41, 5.74) is 1.12. The van der Waals surface area contributed by atoms with Crippen molar-refractivity contribution >= 4 is 17.4 Å². The minimum atomic E-state index is -0.776. The molecule has 4 rings (SSSR count). The molecule has 1 amide bonds. The molecule has 2 aromatic carbocycles. The molecule has 32 heavy (non-hydrogen) atoms. The summed E-state index contributed by atoms with van der Waals surface area (Å²) in [7, 11) is 1.54. The van der Waals surface area contributed by atoms with Gasteiger partial charge in [0.1, 0.15) is 17.3 Å². The summed E-state index contributed by atoms with van der Waals surface area (Å²) in [5, 5.41) is 11.2. The largest absolute Gasteiger partial charge is 0.507 e. The molecule has 0 radical (unpaired) electrons. The first kappa shape index (κ1) is 21.9. The first-order valence-electron chi connectivity index (χ1n) is 10.8. The van der Waals surface area contributed by atoms with E-state index in [9.17, 15) is 14.7 Å². The van der Waals surface area contributed by atoms with Crippen LogP contribution in [0.15, 0.2) is 54.1 Å². The van der Waals surface area contributed by atoms with Gasteiger partial charge in [-0.1, -0.05) is 18.2 Å². The molecule has 0 spiro atoms. The van der Waals surface area contributed by atoms with E-state index in [0.717, 1.165) is 12.8 Å². The van der Waals surface area contributed by atoms with Gasteiger partial charge in [0.25, 0.3) is 11.7 Å². The van der Waals surface area contributed by atoms with Crippen molar-refractivity contribution in [2.24, 2.45) is 0 Å². The van der Waals surface area contributed by atoms with Crippen LogP contribution in [0.4, 0.5) is 0 Å². The van der Waals surface area contributed by atoms with Crippen LogP contribution in [0, 0.1) is 0 Å². The first-order chi connectivity index (χ1) is 15.5. The van der Waals surface area contributed by atoms with Gasteiger partial charge in [-0.2, -0.15) is 0 Å². The number of ether oxygens (including phenoxy) is 3. The van der Waals surface area contributed by atoms with E-state index in [1.807, 2.05) is 25.1 Å². The molecule has 0 saturated carbocycles. The summed E-state index contributed by atoms with van der Waals surface area (Å²) < 4.78 is 16.7. The average Bonchev–Trinajstić information content (AvgIpc) is 3.42. The topological polar surface area (TPSA) is 85.3 Å². The number of aliphatic hydroxyl groups is 1. The summed E-state index contributed by atoms with van der Waals surface area (Å²) in [6.07, 6.45) is 1.59. The Bertz CT molecular complexity index is 1020. The number of likely N-dealkylation sites (tertiary alicyclic amines) is 1. The van der Waals surface area contributed by atoms with Gasteiger partial charge in [0, 0.05) is 24.3 Å². The van der Waals surface area contributed by atoms with Gasteiger partial charge in [0.2, 0.25) is 0 Å². The van der Waals surface area contributed by atoms with Crippen molar-refractivity contribution in [2.75, 3.05) is 26.9 Å². The predicted octanol–water partition coefficient (Wildman–Crippen LogP) is 3.69. The summed E-state index contributed by atoms with van der Waals surface area (Å²) in [5.74, 6) is -0.398. The highest BCUT2D eigenvalue weighted by Gasteiger charge is 2.47. The fraction of sp³-hybridized carbons (Fsp3) is 0.360. The van der Waals surface area contributed by atoms with Crippen molar-refractivity contribution < 1.29 is 28.9 Å². The number of ketones is 1. The van der Waals surface area contributed by atoms with E-state index >= 15 is 0 Å². The number of rotatable bonds is 7. The fourth-order valence-corrected chi connectivity index (χ4v) is 4.32. The smallest absolute Gasteiger partial charge is 0.295 e. The third-order valence-corrected chi connectivity index (χ3v) is 5.84. The molecule has 2 aromatic rings. The highest BCUT2D eigenvalue weighted by molar-refractivity contribution is 6.46. The van der Waals surface area contributed by atoms with E-state index in [0.29, 0.717) is 35.8 Å². The number of hydrogen-bond acceptors (Lipinski definition) is 6. The van der Waals surface area contributed by atoms with Crippen molar-refractivity contribution in [1.82, 2.24) is 4.90 Å². The van der Waals surface area contributed by atoms with E-state index in [4.69, 9.17) is 14.2 Å². The standard InChI is InChI=1S/C25H27NO6/c1-3-31-17-12-10-16(11-13-17)23(27)21-22(19-8-4-5-9-20(19)30-2)26(25(29)24(21)28)15-18-7-6-14-32-18/h4-5,8-13,18,22,27H,3,6-7,14-15H2,1-2H3/b23-21-. The maximum atomic E-state index is 13.1. The molecule has 2 heterocycles. The summed E-state index contributed by atoms with van der Waals surface area (Å²) >= 11 is 0. The molecule has 2 saturated heterocycles. The Hall–Kier alpha value is -3.32. The number of aliphatic hydroxyl groups excluding tert-OH is 1. The van der Waals surface area contributed by atoms with Gasteiger partial charge in [0.05, 0.1) is 31.4 Å². The molecule has 2 fully saturated rings. The number of para-hydroxylation sites is 1. The Labute approximate surface area is 187 Å². The van der Waals surface area contributed by atoms with Crippen LogP contribution < -0.4 is 9.47 Å². The highest BCUT2D eigenvalue weighted by atomic mass is 16.5. The van der Waals surface area contributed by atoms with Crippen molar-refractivity contribution in [2.45, 2.75) is 31.9 Å². The molecule has 7 nitrogen and oxygen atoms in total. The molecular weight excluding hydrogens is 410 g/mol. The number of benzene rings is 2. The molecule has 7 heteroatoms. The Morgan fingerprint density at radius 3 is 2.56 bits per heavy atom. The summed E-state index contributed by atoms with van der Waals surface area (Å²) in [6, 6.07) is 13.2. The Morgan fingerprint density at radius 1 is 1.16 bits per heavy atom. The van der Waals surface area contributed by atoms with Crippen LogP contribution in [-0.4, -0.2) is 54.7 Å². The van der Waals surface area contributed by atoms with Gasteiger partial charge < -0.3 is 24.2 Å². The van der Waals surface area contributed by atoms with E-state index < -0.39 is 17.7 Å². The maximum Gasteiger partial charge on any atom is 0.295 e. The first-order valence-corrected chi connectivity index (χ1v) is 10.8. The maximum absolute atomic E-state index is 13.1. The lowest BCUT2D eigenvalue weighted by Crippen LogP contribution is -2.36. The second-order valence-corrected chi connectivity index (χ2v) is 7.79. The number of hydrogen-bond donors (Lipinski definition) is 1. The predicted molar refractivity (Wildman–Crippen MR) is 119 cm³/mol. The highest BCUT2D eigenvalue weighted by Crippen LogP contribution is 2.43. The lowest BCUT2D eigenvalue weighted by atomic mass is 9.94. The molecule has 0 aromatic heterocycles. The summed E-state index contributed by atoms with van der Waals surface area (Å²) in [6.45, 7) is 3.32. The zero-order valence-electron chi connectivity index (χ0n) is 18.2. The SMILES string of the molecule is CCOc1ccc(/C(O)=C2/C(=O)C(=O)N(CC3CCCO3)C2c2ccccc2OC)cc1. The Morgan fingerprint density at radius 2 is 1.91 bits per heavy atom. The van der Waals surface area contributed by atoms with E-state index in [1.165, 1.54) is 12.0 Å². The third-order valence-electron chi connectivity index (χ3n) is 5.84. The molecule has 0 aliphatic carbocycles. The second-order valence-electron chi connectivity index (χ2n) is 7.79. The molecular formula is C25H27NO6. The number of carbonyl (C=O) groups excluding carboxylic acids is 2. The van der Waals surface area contributed by atoms with Crippen molar-refractivity contribution in [3.8, 4) is 11.5 Å². The molecule has 168 valence electrons. The molecule has 2 unspecified atom stereocenters. The zero-order chi connectivity index (χ0) is 22.7. The van der Waals surface area contributed by atoms with Gasteiger partial charge >= 0.3 is 0 Å². The lowest BCUT2D eigenvalue weighted by Gasteiger charge is -2.28. The quantitative estimate of drug-likeness (QED) is 0.404. The van der Waals surface area contributed by atoms with Crippen LogP contribution in [0.2, 0.25) is 0 Å². The minimum absolute atomic E-state index is 0.0432. The van der Waals surface area contributed by atoms with E-state index in [-0.39, 0.29) is 24.0 Å². The molecule has 2 aliphatic rings. The van der Waals surface area contributed by atoms with Crippen LogP contribution >= 0.6 is 0 Å². The van der Waals surface area contributed by atoms with Crippen molar-refractivity contribution in [1.29, 1.82) is 0 Å². The molecule has 1 N–H and O–H groups in total. The van der Waals surface area contributed by atoms with Crippen LogP contribution in [0.25, 0.3) is 5.76 Å². The number of Topliss-reactive ketones (excluding diaryl/α,β-unsaturated/α-hetero) is 1. The third kappa shape index (κ3) is 4.08. The van der Waals surface area contributed by atoms with Crippen LogP contribution in [0.5, 0.6) is 11.5 Å². The lowest BCUT2D eigenvalue weighted by molar-refractivity contribution is -0.140. The fourth-order valence-electron chi connectivity index (χ4n) is 4.32. The van der Waals surface area contributed by atoms with Gasteiger partial charge in [-0.05, 0) is 50.1 Å². The van der Waals surface area contributed by atoms with Gasteiger partial charge in [-0.15, -0.1) is 0 Å². The monoisotopic (exact) mass is 437 g/mol. The van der Waals surface area contributed by atoms with Gasteiger partial charge in [0.15, 0.2) is 0 Å².